The number of esters is 1. The maximum Gasteiger partial charge on any atom is 0.336 e. The Hall–Kier alpha value is -2.38. The largest absolute Gasteiger partial charge is 0.496 e. The molecule has 1 aromatic carbocycles. The fourth-order valence-electron chi connectivity index (χ4n) is 2.71. The number of benzene rings is 1. The van der Waals surface area contributed by atoms with E-state index in [4.69, 9.17) is 13.9 Å². The predicted octanol–water partition coefficient (Wildman–Crippen LogP) is 2.56. The molecule has 0 saturated carbocycles. The summed E-state index contributed by atoms with van der Waals surface area (Å²) in [5, 5.41) is 21.5. The maximum atomic E-state index is 12.3. The zero-order chi connectivity index (χ0) is 20.4. The highest BCUT2D eigenvalue weighted by molar-refractivity contribution is 5.80. The fourth-order valence-corrected chi connectivity index (χ4v) is 2.71. The predicted molar refractivity (Wildman–Crippen MR) is 99.6 cm³/mol. The summed E-state index contributed by atoms with van der Waals surface area (Å²) in [5.74, 6) is -0.159. The van der Waals surface area contributed by atoms with Crippen molar-refractivity contribution in [3.63, 3.8) is 0 Å². The molecule has 0 radical (unpaired) electrons. The Morgan fingerprint density at radius 1 is 1.26 bits per heavy atom. The maximum absolute atomic E-state index is 12.3. The van der Waals surface area contributed by atoms with Gasteiger partial charge in [-0.05, 0) is 31.9 Å². The first-order valence-corrected chi connectivity index (χ1v) is 8.74. The molecular weight excluding hydrogens is 352 g/mol. The van der Waals surface area contributed by atoms with E-state index in [2.05, 4.69) is 0 Å². The molecule has 0 unspecified atom stereocenters. The second kappa shape index (κ2) is 8.10. The topological polar surface area (TPSA) is 106 Å². The minimum absolute atomic E-state index is 0.0743. The molecule has 0 amide bonds. The lowest BCUT2D eigenvalue weighted by Gasteiger charge is -2.32. The number of aliphatic hydroxyl groups is 2. The van der Waals surface area contributed by atoms with Gasteiger partial charge in [-0.25, -0.2) is 4.79 Å². The van der Waals surface area contributed by atoms with Gasteiger partial charge in [-0.1, -0.05) is 13.8 Å². The van der Waals surface area contributed by atoms with Crippen molar-refractivity contribution in [3.05, 3.63) is 40.2 Å². The van der Waals surface area contributed by atoms with Gasteiger partial charge < -0.3 is 24.1 Å². The number of carbonyl (C=O) groups excluding carboxylic acids is 1. The molecule has 0 saturated heterocycles. The smallest absolute Gasteiger partial charge is 0.336 e. The summed E-state index contributed by atoms with van der Waals surface area (Å²) < 4.78 is 16.0. The summed E-state index contributed by atoms with van der Waals surface area (Å²) in [6, 6.07) is 5.93. The van der Waals surface area contributed by atoms with Crippen LogP contribution in [0.4, 0.5) is 0 Å². The first-order valence-electron chi connectivity index (χ1n) is 8.74. The van der Waals surface area contributed by atoms with Crippen molar-refractivity contribution in [3.8, 4) is 5.75 Å². The van der Waals surface area contributed by atoms with Crippen LogP contribution in [0.2, 0.25) is 0 Å². The van der Waals surface area contributed by atoms with Gasteiger partial charge in [0.15, 0.2) is 6.10 Å². The third-order valence-corrected chi connectivity index (χ3v) is 4.12. The van der Waals surface area contributed by atoms with Gasteiger partial charge >= 0.3 is 11.6 Å². The standard InChI is InChI=1S/C20H26O7/c1-11(2)8-17(22)27-18(19(23)20(3,4)24)13-9-12-6-7-16(21)26-14(12)10-15(13)25-5/h6-7,9-11,18-19,23-24H,8H2,1-5H3/t18-,19-/m0/s1. The normalized spacial score (nSPS) is 14.2. The summed E-state index contributed by atoms with van der Waals surface area (Å²) in [4.78, 5) is 23.7. The number of fused-ring (bicyclic) bond motifs is 1. The zero-order valence-electron chi connectivity index (χ0n) is 16.2. The first-order chi connectivity index (χ1) is 12.5. The SMILES string of the molecule is COc1cc2oc(=O)ccc2cc1[C@H](OC(=O)CC(C)C)[C@H](O)C(C)(C)O. The minimum Gasteiger partial charge on any atom is -0.496 e. The molecule has 2 aromatic rings. The second-order valence-electron chi connectivity index (χ2n) is 7.49. The lowest BCUT2D eigenvalue weighted by Crippen LogP contribution is -2.42. The number of hydrogen-bond acceptors (Lipinski definition) is 7. The summed E-state index contributed by atoms with van der Waals surface area (Å²) >= 11 is 0. The fraction of sp³-hybridized carbons (Fsp3) is 0.500. The van der Waals surface area contributed by atoms with Gasteiger partial charge in [0.2, 0.25) is 0 Å². The van der Waals surface area contributed by atoms with E-state index in [-0.39, 0.29) is 18.1 Å². The van der Waals surface area contributed by atoms with Crippen molar-refractivity contribution >= 4 is 16.9 Å². The molecule has 148 valence electrons. The highest BCUT2D eigenvalue weighted by Gasteiger charge is 2.38. The molecule has 27 heavy (non-hydrogen) atoms. The molecule has 0 aliphatic rings. The molecule has 0 bridgehead atoms. The molecule has 0 spiro atoms. The molecular formula is C20H26O7. The minimum atomic E-state index is -1.54. The van der Waals surface area contributed by atoms with E-state index in [1.165, 1.54) is 33.1 Å². The Labute approximate surface area is 157 Å². The van der Waals surface area contributed by atoms with Crippen LogP contribution in [0.5, 0.6) is 5.75 Å². The number of aliphatic hydroxyl groups excluding tert-OH is 1. The van der Waals surface area contributed by atoms with E-state index in [1.807, 2.05) is 13.8 Å². The van der Waals surface area contributed by atoms with E-state index >= 15 is 0 Å². The third kappa shape index (κ3) is 5.08. The average molecular weight is 378 g/mol. The zero-order valence-corrected chi connectivity index (χ0v) is 16.2. The van der Waals surface area contributed by atoms with Gasteiger partial charge in [0.05, 0.1) is 12.7 Å². The Morgan fingerprint density at radius 2 is 1.93 bits per heavy atom. The van der Waals surface area contributed by atoms with E-state index < -0.39 is 29.4 Å². The van der Waals surface area contributed by atoms with Crippen molar-refractivity contribution in [1.82, 2.24) is 0 Å². The summed E-state index contributed by atoms with van der Waals surface area (Å²) in [7, 11) is 1.41. The van der Waals surface area contributed by atoms with Gasteiger partial charge in [-0.2, -0.15) is 0 Å². The van der Waals surface area contributed by atoms with Crippen LogP contribution >= 0.6 is 0 Å². The number of carbonyl (C=O) groups is 1. The van der Waals surface area contributed by atoms with Crippen molar-refractivity contribution < 1.29 is 28.9 Å². The van der Waals surface area contributed by atoms with Crippen LogP contribution < -0.4 is 10.4 Å². The molecule has 2 rings (SSSR count). The van der Waals surface area contributed by atoms with Crippen LogP contribution in [0.15, 0.2) is 33.5 Å². The van der Waals surface area contributed by atoms with Gasteiger partial charge in [-0.15, -0.1) is 0 Å². The Bertz CT molecular complexity index is 861. The summed E-state index contributed by atoms with van der Waals surface area (Å²) in [5.41, 5.74) is -1.38. The van der Waals surface area contributed by atoms with Crippen LogP contribution in [-0.2, 0) is 9.53 Å². The number of rotatable bonds is 7. The van der Waals surface area contributed by atoms with Gasteiger partial charge in [0.25, 0.3) is 0 Å². The highest BCUT2D eigenvalue weighted by Crippen LogP contribution is 2.37. The number of methoxy groups -OCH3 is 1. The van der Waals surface area contributed by atoms with E-state index in [0.717, 1.165) is 0 Å². The van der Waals surface area contributed by atoms with E-state index in [0.29, 0.717) is 16.5 Å². The molecule has 2 atom stereocenters. The van der Waals surface area contributed by atoms with Crippen LogP contribution in [0.25, 0.3) is 11.0 Å². The van der Waals surface area contributed by atoms with Gasteiger partial charge in [0.1, 0.15) is 17.4 Å². The Balaban J connectivity index is 2.57. The van der Waals surface area contributed by atoms with Crippen LogP contribution in [0.1, 0.15) is 45.8 Å². The molecule has 2 N–H and O–H groups in total. The molecule has 0 aliphatic heterocycles. The number of hydrogen-bond donors (Lipinski definition) is 2. The average Bonchev–Trinajstić information content (AvgIpc) is 2.56. The van der Waals surface area contributed by atoms with E-state index in [9.17, 15) is 19.8 Å². The summed E-state index contributed by atoms with van der Waals surface area (Å²) in [6.07, 6.45) is -2.40. The second-order valence-corrected chi connectivity index (χ2v) is 7.49. The molecule has 1 heterocycles. The van der Waals surface area contributed by atoms with Crippen molar-refractivity contribution in [2.45, 2.75) is 51.9 Å². The molecule has 7 nitrogen and oxygen atoms in total. The van der Waals surface area contributed by atoms with Gasteiger partial charge in [0, 0.05) is 29.5 Å². The molecule has 1 aromatic heterocycles. The first kappa shape index (κ1) is 20.9. The third-order valence-electron chi connectivity index (χ3n) is 4.12. The quantitative estimate of drug-likeness (QED) is 0.563. The molecule has 0 fully saturated rings. The Morgan fingerprint density at radius 3 is 2.48 bits per heavy atom. The van der Waals surface area contributed by atoms with Crippen molar-refractivity contribution in [2.75, 3.05) is 7.11 Å². The van der Waals surface area contributed by atoms with Gasteiger partial charge in [-0.3, -0.25) is 4.79 Å². The van der Waals surface area contributed by atoms with Crippen LogP contribution in [-0.4, -0.2) is 35.0 Å². The highest BCUT2D eigenvalue weighted by atomic mass is 16.6. The van der Waals surface area contributed by atoms with Crippen LogP contribution in [0, 0.1) is 5.92 Å². The van der Waals surface area contributed by atoms with Crippen LogP contribution in [0.3, 0.4) is 0 Å². The Kier molecular flexibility index (Phi) is 6.28. The monoisotopic (exact) mass is 378 g/mol. The number of ether oxygens (including phenoxy) is 2. The summed E-state index contributed by atoms with van der Waals surface area (Å²) in [6.45, 7) is 6.60. The lowest BCUT2D eigenvalue weighted by atomic mass is 9.91. The lowest BCUT2D eigenvalue weighted by molar-refractivity contribution is -0.168. The van der Waals surface area contributed by atoms with E-state index in [1.54, 1.807) is 12.1 Å². The molecule has 0 aliphatic carbocycles. The van der Waals surface area contributed by atoms with Crippen molar-refractivity contribution in [2.24, 2.45) is 5.92 Å². The van der Waals surface area contributed by atoms with Crippen molar-refractivity contribution in [1.29, 1.82) is 0 Å². The molecule has 7 heteroatoms.